The summed E-state index contributed by atoms with van der Waals surface area (Å²) in [5.41, 5.74) is 15.3. The molecule has 1 heterocycles. The molecule has 0 atom stereocenters. The zero-order chi connectivity index (χ0) is 40.3. The van der Waals surface area contributed by atoms with Crippen molar-refractivity contribution in [3.8, 4) is 33.4 Å². The van der Waals surface area contributed by atoms with Crippen molar-refractivity contribution in [2.45, 2.75) is 5.41 Å². The fourth-order valence-electron chi connectivity index (χ4n) is 10.0. The second-order valence-corrected chi connectivity index (χ2v) is 17.1. The quantitative estimate of drug-likeness (QED) is 0.155. The van der Waals surface area contributed by atoms with Crippen LogP contribution in [0.25, 0.3) is 64.3 Å². The van der Waals surface area contributed by atoms with Gasteiger partial charge >= 0.3 is 0 Å². The molecule has 11 aromatic rings. The smallest absolute Gasteiger partial charge is 0.0714 e. The normalized spacial score (nSPS) is 12.7. The minimum Gasteiger partial charge on any atom is -0.310 e. The highest BCUT2D eigenvalue weighted by Gasteiger charge is 2.46. The lowest BCUT2D eigenvalue weighted by molar-refractivity contribution is 0.768. The highest BCUT2D eigenvalue weighted by atomic mass is 32.1. The van der Waals surface area contributed by atoms with Gasteiger partial charge in [0, 0.05) is 37.2 Å². The molecule has 0 bridgehead atoms. The molecule has 0 radical (unpaired) electrons. The number of fused-ring (bicyclic) bond motifs is 7. The van der Waals surface area contributed by atoms with E-state index in [9.17, 15) is 0 Å². The molecular weight excluding hydrogens is 755 g/mol. The molecule has 0 spiro atoms. The third-order valence-electron chi connectivity index (χ3n) is 12.7. The summed E-state index contributed by atoms with van der Waals surface area (Å²) in [5, 5.41) is 5.11. The molecule has 1 nitrogen and oxygen atoms in total. The van der Waals surface area contributed by atoms with Crippen LogP contribution in [-0.4, -0.2) is 0 Å². The van der Waals surface area contributed by atoms with E-state index in [1.165, 1.54) is 86.6 Å². The zero-order valence-corrected chi connectivity index (χ0v) is 34.2. The van der Waals surface area contributed by atoms with Gasteiger partial charge in [0.1, 0.15) is 0 Å². The Morgan fingerprint density at radius 2 is 0.869 bits per heavy atom. The summed E-state index contributed by atoms with van der Waals surface area (Å²) in [6.45, 7) is 0. The molecule has 0 N–H and O–H groups in total. The molecule has 0 amide bonds. The Morgan fingerprint density at radius 1 is 0.311 bits per heavy atom. The van der Waals surface area contributed by atoms with Gasteiger partial charge in [-0.1, -0.05) is 188 Å². The maximum atomic E-state index is 2.47. The van der Waals surface area contributed by atoms with Crippen LogP contribution in [0.1, 0.15) is 22.3 Å². The van der Waals surface area contributed by atoms with E-state index in [0.717, 1.165) is 17.1 Å². The van der Waals surface area contributed by atoms with Crippen LogP contribution in [0.5, 0.6) is 0 Å². The highest BCUT2D eigenvalue weighted by molar-refractivity contribution is 7.25. The monoisotopic (exact) mass is 793 g/mol. The summed E-state index contributed by atoms with van der Waals surface area (Å²) < 4.78 is 2.58. The second kappa shape index (κ2) is 14.3. The summed E-state index contributed by atoms with van der Waals surface area (Å²) in [4.78, 5) is 2.46. The van der Waals surface area contributed by atoms with E-state index in [-0.39, 0.29) is 0 Å². The number of hydrogen-bond acceptors (Lipinski definition) is 2. The van der Waals surface area contributed by atoms with Crippen LogP contribution in [0.4, 0.5) is 17.1 Å². The highest BCUT2D eigenvalue weighted by Crippen LogP contribution is 2.57. The second-order valence-electron chi connectivity index (χ2n) is 16.0. The van der Waals surface area contributed by atoms with Crippen LogP contribution < -0.4 is 4.90 Å². The van der Waals surface area contributed by atoms with Gasteiger partial charge in [-0.2, -0.15) is 0 Å². The first-order valence-electron chi connectivity index (χ1n) is 21.0. The Morgan fingerprint density at radius 3 is 1.70 bits per heavy atom. The largest absolute Gasteiger partial charge is 0.310 e. The number of anilines is 3. The lowest BCUT2D eigenvalue weighted by Crippen LogP contribution is -2.28. The van der Waals surface area contributed by atoms with Crippen molar-refractivity contribution in [3.05, 3.63) is 259 Å². The maximum absolute atomic E-state index is 2.47. The van der Waals surface area contributed by atoms with Gasteiger partial charge in [-0.15, -0.1) is 11.3 Å². The Kier molecular flexibility index (Phi) is 8.33. The van der Waals surface area contributed by atoms with Crippen LogP contribution in [-0.2, 0) is 5.41 Å². The van der Waals surface area contributed by atoms with Crippen molar-refractivity contribution >= 4 is 59.3 Å². The third-order valence-corrected chi connectivity index (χ3v) is 13.9. The van der Waals surface area contributed by atoms with Crippen molar-refractivity contribution in [1.29, 1.82) is 0 Å². The first-order chi connectivity index (χ1) is 30.2. The molecule has 2 heteroatoms. The average Bonchev–Trinajstić information content (AvgIpc) is 3.85. The van der Waals surface area contributed by atoms with Crippen LogP contribution in [0, 0.1) is 0 Å². The van der Waals surface area contributed by atoms with Crippen molar-refractivity contribution in [2.75, 3.05) is 4.90 Å². The number of rotatable bonds is 7. The number of benzene rings is 10. The van der Waals surface area contributed by atoms with Crippen LogP contribution in [0.15, 0.2) is 237 Å². The summed E-state index contributed by atoms with van der Waals surface area (Å²) in [6.07, 6.45) is 0. The van der Waals surface area contributed by atoms with Gasteiger partial charge in [0.25, 0.3) is 0 Å². The SMILES string of the molecule is c1ccc(C2(c3ccccc3)c3ccccc3-c3ccc(N(c4cccc(-c5cccc(-c6cccc7ccccc67)c5)c4)c4ccc5c(c4)sc4ccccc45)cc32)cc1. The molecule has 286 valence electrons. The fourth-order valence-corrected chi connectivity index (χ4v) is 11.2. The fraction of sp³-hybridized carbons (Fsp3) is 0.0169. The molecule has 61 heavy (non-hydrogen) atoms. The first kappa shape index (κ1) is 35.4. The van der Waals surface area contributed by atoms with E-state index in [0.29, 0.717) is 0 Å². The van der Waals surface area contributed by atoms with E-state index in [4.69, 9.17) is 0 Å². The summed E-state index contributed by atoms with van der Waals surface area (Å²) >= 11 is 1.86. The van der Waals surface area contributed by atoms with Crippen molar-refractivity contribution < 1.29 is 0 Å². The lowest BCUT2D eigenvalue weighted by atomic mass is 9.67. The van der Waals surface area contributed by atoms with E-state index in [1.807, 2.05) is 11.3 Å². The van der Waals surface area contributed by atoms with Gasteiger partial charge < -0.3 is 4.90 Å². The number of hydrogen-bond donors (Lipinski definition) is 0. The molecule has 0 fully saturated rings. The van der Waals surface area contributed by atoms with Crippen molar-refractivity contribution in [3.63, 3.8) is 0 Å². The molecular formula is C59H39NS. The summed E-state index contributed by atoms with van der Waals surface area (Å²) in [6, 6.07) is 87.4. The Balaban J connectivity index is 1.07. The number of thiophene rings is 1. The molecule has 0 unspecified atom stereocenters. The molecule has 0 saturated carbocycles. The average molecular weight is 794 g/mol. The van der Waals surface area contributed by atoms with E-state index in [2.05, 4.69) is 241 Å². The molecule has 1 aliphatic carbocycles. The van der Waals surface area contributed by atoms with Crippen molar-refractivity contribution in [2.24, 2.45) is 0 Å². The summed E-state index contributed by atoms with van der Waals surface area (Å²) in [7, 11) is 0. The van der Waals surface area contributed by atoms with E-state index in [1.54, 1.807) is 0 Å². The molecule has 10 aromatic carbocycles. The third kappa shape index (κ3) is 5.68. The predicted octanol–water partition coefficient (Wildman–Crippen LogP) is 16.4. The summed E-state index contributed by atoms with van der Waals surface area (Å²) in [5.74, 6) is 0. The standard InChI is InChI=1S/C59H39NS/c1-3-21-44(22-4-1)59(45-23-5-2-6-24-45)55-30-11-9-27-51(55)52-34-32-47(38-56(52)59)60(48-33-35-54-53-28-10-12-31-57(53)61-58(54)39-48)46-25-14-19-42(37-46)41-18-13-20-43(36-41)50-29-15-17-40-16-7-8-26-49(40)50/h1-39H. The van der Waals surface area contributed by atoms with Crippen LogP contribution in [0.2, 0.25) is 0 Å². The molecule has 12 rings (SSSR count). The molecule has 1 aromatic heterocycles. The van der Waals surface area contributed by atoms with Gasteiger partial charge in [-0.05, 0) is 115 Å². The zero-order valence-electron chi connectivity index (χ0n) is 33.4. The molecule has 1 aliphatic rings. The molecule has 0 saturated heterocycles. The maximum Gasteiger partial charge on any atom is 0.0714 e. The Labute approximate surface area is 360 Å². The first-order valence-corrected chi connectivity index (χ1v) is 21.8. The Hall–Kier alpha value is -7.52. The van der Waals surface area contributed by atoms with Crippen LogP contribution >= 0.6 is 11.3 Å². The van der Waals surface area contributed by atoms with E-state index < -0.39 is 5.41 Å². The Bertz CT molecular complexity index is 3390. The number of nitrogens with zero attached hydrogens (tertiary/aromatic N) is 1. The van der Waals surface area contributed by atoms with E-state index >= 15 is 0 Å². The van der Waals surface area contributed by atoms with Gasteiger partial charge in [0.05, 0.1) is 5.41 Å². The minimum atomic E-state index is -0.505. The van der Waals surface area contributed by atoms with Gasteiger partial charge in [0.15, 0.2) is 0 Å². The minimum absolute atomic E-state index is 0.505. The van der Waals surface area contributed by atoms with Gasteiger partial charge in [-0.25, -0.2) is 0 Å². The van der Waals surface area contributed by atoms with Gasteiger partial charge in [0.2, 0.25) is 0 Å². The van der Waals surface area contributed by atoms with Crippen molar-refractivity contribution in [1.82, 2.24) is 0 Å². The topological polar surface area (TPSA) is 3.24 Å². The van der Waals surface area contributed by atoms with Crippen LogP contribution in [0.3, 0.4) is 0 Å². The lowest BCUT2D eigenvalue weighted by Gasteiger charge is -2.35. The van der Waals surface area contributed by atoms with Gasteiger partial charge in [-0.3, -0.25) is 0 Å². The predicted molar refractivity (Wildman–Crippen MR) is 260 cm³/mol. The molecule has 0 aliphatic heterocycles.